The monoisotopic (exact) mass is 464 g/mol. The number of nitrogens with one attached hydrogen (secondary N) is 2. The minimum Gasteiger partial charge on any atom is -0.508 e. The molecule has 180 valence electrons. The Morgan fingerprint density at radius 2 is 1.76 bits per heavy atom. The molecule has 1 aliphatic rings. The summed E-state index contributed by atoms with van der Waals surface area (Å²) < 4.78 is 0. The first-order valence-corrected chi connectivity index (χ1v) is 10.4. The Morgan fingerprint density at radius 3 is 2.36 bits per heavy atom. The van der Waals surface area contributed by atoms with E-state index < -0.39 is 60.8 Å². The topological polar surface area (TPSA) is 199 Å². The number of phenolic OH excluding ortho intramolecular Hbond substituents is 1. The van der Waals surface area contributed by atoms with Gasteiger partial charge in [-0.25, -0.2) is 0 Å². The van der Waals surface area contributed by atoms with Crippen molar-refractivity contribution >= 4 is 29.7 Å². The SMILES string of the molecule is NC(Cc1ccc(O)cc1)C(=O)NC(CCC(=O)O)C(=O)N1CCCC1C(=O)NCC(=O)O. The quantitative estimate of drug-likeness (QED) is 0.233. The summed E-state index contributed by atoms with van der Waals surface area (Å²) in [5.74, 6) is -4.26. The van der Waals surface area contributed by atoms with Crippen molar-refractivity contribution in [1.82, 2.24) is 15.5 Å². The van der Waals surface area contributed by atoms with Gasteiger partial charge in [-0.3, -0.25) is 24.0 Å². The predicted octanol–water partition coefficient (Wildman–Crippen LogP) is -1.20. The lowest BCUT2D eigenvalue weighted by Crippen LogP contribution is -2.56. The molecular formula is C21H28N4O8. The number of carbonyl (C=O) groups is 5. The normalized spacial score (nSPS) is 17.1. The third kappa shape index (κ3) is 7.75. The number of likely N-dealkylation sites (tertiary alicyclic amines) is 1. The van der Waals surface area contributed by atoms with E-state index in [2.05, 4.69) is 10.6 Å². The van der Waals surface area contributed by atoms with Crippen molar-refractivity contribution in [2.24, 2.45) is 5.73 Å². The van der Waals surface area contributed by atoms with Gasteiger partial charge in [0.15, 0.2) is 0 Å². The fourth-order valence-corrected chi connectivity index (χ4v) is 3.57. The summed E-state index contributed by atoms with van der Waals surface area (Å²) in [6.07, 6.45) is 0.337. The number of aliphatic carboxylic acids is 2. The zero-order chi connectivity index (χ0) is 24.5. The molecule has 0 aromatic heterocycles. The van der Waals surface area contributed by atoms with E-state index in [4.69, 9.17) is 15.9 Å². The molecule has 3 amide bonds. The van der Waals surface area contributed by atoms with Gasteiger partial charge < -0.3 is 36.6 Å². The van der Waals surface area contributed by atoms with Crippen LogP contribution >= 0.6 is 0 Å². The lowest BCUT2D eigenvalue weighted by atomic mass is 10.0. The predicted molar refractivity (Wildman–Crippen MR) is 114 cm³/mol. The van der Waals surface area contributed by atoms with Crippen LogP contribution in [0.1, 0.15) is 31.2 Å². The van der Waals surface area contributed by atoms with Crippen LogP contribution in [-0.2, 0) is 30.4 Å². The summed E-state index contributed by atoms with van der Waals surface area (Å²) in [5, 5.41) is 31.9. The summed E-state index contributed by atoms with van der Waals surface area (Å²) >= 11 is 0. The van der Waals surface area contributed by atoms with Crippen molar-refractivity contribution in [1.29, 1.82) is 0 Å². The van der Waals surface area contributed by atoms with E-state index in [-0.39, 0.29) is 25.1 Å². The van der Waals surface area contributed by atoms with E-state index in [0.29, 0.717) is 18.4 Å². The highest BCUT2D eigenvalue weighted by molar-refractivity contribution is 5.94. The molecule has 2 rings (SSSR count). The first-order valence-electron chi connectivity index (χ1n) is 10.4. The van der Waals surface area contributed by atoms with Gasteiger partial charge in [-0.2, -0.15) is 0 Å². The maximum atomic E-state index is 13.1. The lowest BCUT2D eigenvalue weighted by Gasteiger charge is -2.29. The largest absolute Gasteiger partial charge is 0.508 e. The molecule has 1 saturated heterocycles. The molecule has 1 aromatic rings. The van der Waals surface area contributed by atoms with Gasteiger partial charge in [0.2, 0.25) is 17.7 Å². The number of aromatic hydroxyl groups is 1. The number of nitrogens with zero attached hydrogens (tertiary/aromatic N) is 1. The molecule has 1 fully saturated rings. The van der Waals surface area contributed by atoms with Gasteiger partial charge in [-0.1, -0.05) is 12.1 Å². The zero-order valence-electron chi connectivity index (χ0n) is 17.9. The van der Waals surface area contributed by atoms with Crippen LogP contribution in [0.15, 0.2) is 24.3 Å². The molecule has 1 aromatic carbocycles. The summed E-state index contributed by atoms with van der Waals surface area (Å²) in [6, 6.07) is 2.92. The second-order valence-electron chi connectivity index (χ2n) is 7.77. The van der Waals surface area contributed by atoms with Gasteiger partial charge in [0.05, 0.1) is 6.04 Å². The third-order valence-corrected chi connectivity index (χ3v) is 5.24. The second-order valence-corrected chi connectivity index (χ2v) is 7.77. The number of rotatable bonds is 11. The molecular weight excluding hydrogens is 436 g/mol. The maximum absolute atomic E-state index is 13.1. The Morgan fingerprint density at radius 1 is 1.09 bits per heavy atom. The van der Waals surface area contributed by atoms with Crippen molar-refractivity contribution in [2.75, 3.05) is 13.1 Å². The minimum atomic E-state index is -1.23. The first kappa shape index (κ1) is 25.6. The number of phenols is 1. The molecule has 12 heteroatoms. The maximum Gasteiger partial charge on any atom is 0.322 e. The summed E-state index contributed by atoms with van der Waals surface area (Å²) in [5.41, 5.74) is 6.63. The molecule has 0 radical (unpaired) electrons. The van der Waals surface area contributed by atoms with Crippen LogP contribution in [0.25, 0.3) is 0 Å². The Bertz CT molecular complexity index is 889. The molecule has 0 spiro atoms. The molecule has 0 bridgehead atoms. The van der Waals surface area contributed by atoms with E-state index in [1.807, 2.05) is 0 Å². The van der Waals surface area contributed by atoms with Gasteiger partial charge in [-0.15, -0.1) is 0 Å². The number of carboxylic acids is 2. The summed E-state index contributed by atoms with van der Waals surface area (Å²) in [7, 11) is 0. The van der Waals surface area contributed by atoms with Gasteiger partial charge in [0.25, 0.3) is 0 Å². The molecule has 3 atom stereocenters. The molecule has 1 heterocycles. The zero-order valence-corrected chi connectivity index (χ0v) is 17.9. The first-order chi connectivity index (χ1) is 15.6. The second kappa shape index (κ2) is 11.8. The number of benzene rings is 1. The number of nitrogens with two attached hydrogens (primary N) is 1. The number of carboxylic acid groups (broad SMARTS) is 2. The molecule has 7 N–H and O–H groups in total. The Labute approximate surface area is 189 Å². The van der Waals surface area contributed by atoms with Gasteiger partial charge in [-0.05, 0) is 43.4 Å². The number of carbonyl (C=O) groups excluding carboxylic acids is 3. The van der Waals surface area contributed by atoms with Crippen LogP contribution in [-0.4, -0.2) is 81.1 Å². The fourth-order valence-electron chi connectivity index (χ4n) is 3.57. The number of amides is 3. The van der Waals surface area contributed by atoms with Crippen molar-refractivity contribution in [3.63, 3.8) is 0 Å². The Hall–Kier alpha value is -3.67. The molecule has 33 heavy (non-hydrogen) atoms. The molecule has 1 aliphatic heterocycles. The van der Waals surface area contributed by atoms with Crippen LogP contribution in [0.4, 0.5) is 0 Å². The van der Waals surface area contributed by atoms with E-state index in [1.54, 1.807) is 12.1 Å². The smallest absolute Gasteiger partial charge is 0.322 e. The Kier molecular flexibility index (Phi) is 9.16. The van der Waals surface area contributed by atoms with Crippen LogP contribution in [0, 0.1) is 0 Å². The standard InChI is InChI=1S/C21H28N4O8/c22-14(10-12-3-5-13(26)6-4-12)19(31)24-15(7-8-17(27)28)21(33)25-9-1-2-16(25)20(32)23-11-18(29)30/h3-6,14-16,26H,1-2,7-11,22H2,(H,23,32)(H,24,31)(H,27,28)(H,29,30). The van der Waals surface area contributed by atoms with Crippen molar-refractivity contribution in [2.45, 2.75) is 50.2 Å². The minimum absolute atomic E-state index is 0.0589. The molecule has 3 unspecified atom stereocenters. The lowest BCUT2D eigenvalue weighted by molar-refractivity contribution is -0.143. The summed E-state index contributed by atoms with van der Waals surface area (Å²) in [6.45, 7) is -0.383. The van der Waals surface area contributed by atoms with Crippen molar-refractivity contribution in [3.8, 4) is 5.75 Å². The highest BCUT2D eigenvalue weighted by Gasteiger charge is 2.38. The third-order valence-electron chi connectivity index (χ3n) is 5.24. The van der Waals surface area contributed by atoms with E-state index in [0.717, 1.165) is 0 Å². The van der Waals surface area contributed by atoms with E-state index >= 15 is 0 Å². The highest BCUT2D eigenvalue weighted by atomic mass is 16.4. The molecule has 0 aliphatic carbocycles. The molecule has 0 saturated carbocycles. The van der Waals surface area contributed by atoms with Crippen molar-refractivity contribution < 1.29 is 39.3 Å². The number of hydrogen-bond donors (Lipinski definition) is 6. The van der Waals surface area contributed by atoms with Crippen LogP contribution in [0.5, 0.6) is 5.75 Å². The average molecular weight is 464 g/mol. The molecule has 12 nitrogen and oxygen atoms in total. The van der Waals surface area contributed by atoms with Gasteiger partial charge in [0, 0.05) is 13.0 Å². The average Bonchev–Trinajstić information content (AvgIpc) is 3.25. The van der Waals surface area contributed by atoms with E-state index in [1.165, 1.54) is 17.0 Å². The van der Waals surface area contributed by atoms with E-state index in [9.17, 15) is 29.1 Å². The van der Waals surface area contributed by atoms with Crippen LogP contribution < -0.4 is 16.4 Å². The number of hydrogen-bond acceptors (Lipinski definition) is 7. The Balaban J connectivity index is 2.08. The highest BCUT2D eigenvalue weighted by Crippen LogP contribution is 2.20. The van der Waals surface area contributed by atoms with Crippen molar-refractivity contribution in [3.05, 3.63) is 29.8 Å². The fraction of sp³-hybridized carbons (Fsp3) is 0.476. The van der Waals surface area contributed by atoms with Gasteiger partial charge >= 0.3 is 11.9 Å². The summed E-state index contributed by atoms with van der Waals surface area (Å²) in [4.78, 5) is 61.1. The van der Waals surface area contributed by atoms with Crippen LogP contribution in [0.3, 0.4) is 0 Å². The van der Waals surface area contributed by atoms with Gasteiger partial charge in [0.1, 0.15) is 24.4 Å². The van der Waals surface area contributed by atoms with Crippen LogP contribution in [0.2, 0.25) is 0 Å².